The number of fused-ring (bicyclic) bond motifs is 2. The Hall–Kier alpha value is -3.33. The van der Waals surface area contributed by atoms with E-state index in [1.54, 1.807) is 38.7 Å². The van der Waals surface area contributed by atoms with Crippen LogP contribution in [0.3, 0.4) is 0 Å². The van der Waals surface area contributed by atoms with E-state index in [1.807, 2.05) is 4.90 Å². The zero-order valence-corrected chi connectivity index (χ0v) is 22.5. The number of piperazine rings is 1. The first-order valence-corrected chi connectivity index (χ1v) is 13.1. The summed E-state index contributed by atoms with van der Waals surface area (Å²) in [7, 11) is 0. The summed E-state index contributed by atoms with van der Waals surface area (Å²) in [6.45, 7) is 7.67. The van der Waals surface area contributed by atoms with E-state index in [4.69, 9.17) is 4.74 Å². The van der Waals surface area contributed by atoms with Gasteiger partial charge in [0.25, 0.3) is 0 Å². The molecule has 3 amide bonds. The summed E-state index contributed by atoms with van der Waals surface area (Å²) in [5.41, 5.74) is -1.16. The van der Waals surface area contributed by atoms with E-state index >= 15 is 0 Å². The van der Waals surface area contributed by atoms with Gasteiger partial charge in [-0.05, 0) is 64.7 Å². The molecule has 0 unspecified atom stereocenters. The second-order valence-electron chi connectivity index (χ2n) is 11.4. The van der Waals surface area contributed by atoms with E-state index in [1.165, 1.54) is 11.0 Å². The van der Waals surface area contributed by atoms with E-state index in [-0.39, 0.29) is 18.5 Å². The van der Waals surface area contributed by atoms with Crippen molar-refractivity contribution in [3.63, 3.8) is 0 Å². The van der Waals surface area contributed by atoms with Crippen LogP contribution in [-0.4, -0.2) is 82.0 Å². The molecule has 3 aliphatic heterocycles. The first-order valence-electron chi connectivity index (χ1n) is 13.1. The molecule has 1 N–H and O–H groups in total. The second-order valence-corrected chi connectivity index (χ2v) is 11.4. The van der Waals surface area contributed by atoms with Gasteiger partial charge < -0.3 is 19.9 Å². The molecule has 0 radical (unpaired) electrons. The summed E-state index contributed by atoms with van der Waals surface area (Å²) < 4.78 is 45.1. The van der Waals surface area contributed by atoms with Crippen LogP contribution in [0.1, 0.15) is 64.1 Å². The van der Waals surface area contributed by atoms with Crippen LogP contribution in [0.4, 0.5) is 18.0 Å². The molecular weight excluding hydrogens is 515 g/mol. The normalized spacial score (nSPS) is 25.0. The molecule has 212 valence electrons. The van der Waals surface area contributed by atoms with Crippen LogP contribution in [0.2, 0.25) is 0 Å². The second kappa shape index (κ2) is 10.7. The summed E-state index contributed by atoms with van der Waals surface area (Å²) >= 11 is 0. The monoisotopic (exact) mass is 549 g/mol. The summed E-state index contributed by atoms with van der Waals surface area (Å²) in [5, 5.41) is 12.1. The number of hydrogen-bond acceptors (Lipinski definition) is 6. The summed E-state index contributed by atoms with van der Waals surface area (Å²) in [4.78, 5) is 44.4. The lowest BCUT2D eigenvalue weighted by Gasteiger charge is -2.39. The Morgan fingerprint density at radius 2 is 1.97 bits per heavy atom. The van der Waals surface area contributed by atoms with Crippen molar-refractivity contribution in [2.45, 2.75) is 88.9 Å². The molecule has 3 aliphatic rings. The lowest BCUT2D eigenvalue weighted by molar-refractivity contribution is -0.141. The number of alkyl halides is 3. The Bertz CT molecular complexity index is 1160. The molecule has 0 aliphatic carbocycles. The van der Waals surface area contributed by atoms with Crippen molar-refractivity contribution >= 4 is 17.9 Å². The summed E-state index contributed by atoms with van der Waals surface area (Å²) in [5.74, 6) is -0.634. The number of benzene rings is 1. The number of carbonyl (C=O) groups is 3. The van der Waals surface area contributed by atoms with Gasteiger partial charge in [-0.1, -0.05) is 12.1 Å². The van der Waals surface area contributed by atoms with E-state index in [0.717, 1.165) is 12.1 Å². The standard InChI is InChI=1S/C27H34F3N5O4/c1-16(17-7-5-8-18(11-17)27(28,29)30)35-20-12-22(24(35)37)33(14-20)15-21(32-25(38)39-26(2,3)4)23(36)34-10-6-9-19(34)13-31/h5,7-8,11,16,19-22H,6,9-10,12,14-15H2,1-4H3,(H,32,38)/t16-,19+,20+,21+,22+/m1/s1. The molecule has 4 rings (SSSR count). The van der Waals surface area contributed by atoms with Crippen molar-refractivity contribution < 1.29 is 32.3 Å². The number of alkyl carbamates (subject to hydrolysis) is 1. The highest BCUT2D eigenvalue weighted by molar-refractivity contribution is 5.88. The van der Waals surface area contributed by atoms with Crippen molar-refractivity contribution in [1.29, 1.82) is 5.26 Å². The minimum atomic E-state index is -4.48. The number of halogens is 3. The van der Waals surface area contributed by atoms with Crippen molar-refractivity contribution in [3.05, 3.63) is 35.4 Å². The molecule has 12 heteroatoms. The van der Waals surface area contributed by atoms with Crippen LogP contribution in [-0.2, 0) is 20.5 Å². The van der Waals surface area contributed by atoms with Gasteiger partial charge in [-0.3, -0.25) is 14.5 Å². The molecule has 1 aromatic carbocycles. The minimum absolute atomic E-state index is 0.0470. The topological polar surface area (TPSA) is 106 Å². The highest BCUT2D eigenvalue weighted by Crippen LogP contribution is 2.39. The fraction of sp³-hybridized carbons (Fsp3) is 0.630. The fourth-order valence-corrected chi connectivity index (χ4v) is 5.77. The van der Waals surface area contributed by atoms with E-state index in [9.17, 15) is 32.8 Å². The van der Waals surface area contributed by atoms with Crippen molar-refractivity contribution in [1.82, 2.24) is 20.0 Å². The summed E-state index contributed by atoms with van der Waals surface area (Å²) in [6.07, 6.45) is -3.55. The third-order valence-corrected chi connectivity index (χ3v) is 7.52. The van der Waals surface area contributed by atoms with Gasteiger partial charge >= 0.3 is 12.3 Å². The first kappa shape index (κ1) is 28.7. The van der Waals surface area contributed by atoms with Gasteiger partial charge in [0.15, 0.2) is 0 Å². The predicted molar refractivity (Wildman–Crippen MR) is 134 cm³/mol. The lowest BCUT2D eigenvalue weighted by atomic mass is 10.0. The quantitative estimate of drug-likeness (QED) is 0.583. The molecule has 0 saturated carbocycles. The number of nitriles is 1. The molecule has 3 heterocycles. The number of carbonyl (C=O) groups excluding carboxylic acids is 3. The average Bonchev–Trinajstić information content (AvgIpc) is 3.55. The van der Waals surface area contributed by atoms with Gasteiger partial charge in [-0.2, -0.15) is 18.4 Å². The number of amides is 3. The molecule has 0 spiro atoms. The Labute approximate surface area is 225 Å². The van der Waals surface area contributed by atoms with Crippen LogP contribution < -0.4 is 5.32 Å². The molecule has 5 atom stereocenters. The van der Waals surface area contributed by atoms with Crippen molar-refractivity contribution in [2.75, 3.05) is 19.6 Å². The fourth-order valence-electron chi connectivity index (χ4n) is 5.77. The molecule has 9 nitrogen and oxygen atoms in total. The van der Waals surface area contributed by atoms with Gasteiger partial charge in [0, 0.05) is 25.7 Å². The molecule has 39 heavy (non-hydrogen) atoms. The molecule has 3 saturated heterocycles. The maximum atomic E-state index is 13.5. The number of rotatable bonds is 6. The van der Waals surface area contributed by atoms with Crippen molar-refractivity contribution in [2.24, 2.45) is 0 Å². The third kappa shape index (κ3) is 6.13. The Balaban J connectivity index is 1.49. The number of nitrogens with one attached hydrogen (secondary N) is 1. The highest BCUT2D eigenvalue weighted by atomic mass is 19.4. The predicted octanol–water partition coefficient (Wildman–Crippen LogP) is 3.46. The average molecular weight is 550 g/mol. The Kier molecular flexibility index (Phi) is 7.85. The SMILES string of the molecule is C[C@H](c1cccc(C(F)(F)F)c1)N1C(=O)[C@@H]2C[C@H]1CN2C[C@H](NC(=O)OC(C)(C)C)C(=O)N1CCC[C@H]1C#N. The van der Waals surface area contributed by atoms with E-state index in [2.05, 4.69) is 11.4 Å². The first-order chi connectivity index (χ1) is 18.2. The van der Waals surface area contributed by atoms with Crippen LogP contribution >= 0.6 is 0 Å². The molecule has 0 aromatic heterocycles. The molecule has 1 aromatic rings. The van der Waals surface area contributed by atoms with Gasteiger partial charge in [0.05, 0.1) is 23.7 Å². The lowest BCUT2D eigenvalue weighted by Crippen LogP contribution is -2.59. The third-order valence-electron chi connectivity index (χ3n) is 7.52. The minimum Gasteiger partial charge on any atom is -0.444 e. The van der Waals surface area contributed by atoms with Crippen molar-refractivity contribution in [3.8, 4) is 6.07 Å². The zero-order valence-electron chi connectivity index (χ0n) is 22.5. The summed E-state index contributed by atoms with van der Waals surface area (Å²) in [6, 6.07) is 4.14. The van der Waals surface area contributed by atoms with Crippen LogP contribution in [0.5, 0.6) is 0 Å². The Morgan fingerprint density at radius 3 is 2.59 bits per heavy atom. The van der Waals surface area contributed by atoms with Gasteiger partial charge in [-0.15, -0.1) is 0 Å². The van der Waals surface area contributed by atoms with Crippen LogP contribution in [0.25, 0.3) is 0 Å². The smallest absolute Gasteiger partial charge is 0.416 e. The van der Waals surface area contributed by atoms with Gasteiger partial charge in [0.2, 0.25) is 11.8 Å². The van der Waals surface area contributed by atoms with Crippen LogP contribution in [0.15, 0.2) is 24.3 Å². The molecule has 2 bridgehead atoms. The zero-order chi connectivity index (χ0) is 28.7. The van der Waals surface area contributed by atoms with Crippen LogP contribution in [0, 0.1) is 11.3 Å². The number of ether oxygens (including phenoxy) is 1. The van der Waals surface area contributed by atoms with Gasteiger partial charge in [0.1, 0.15) is 17.7 Å². The molecular formula is C27H34F3N5O4. The Morgan fingerprint density at radius 1 is 1.26 bits per heavy atom. The van der Waals surface area contributed by atoms with E-state index < -0.39 is 53.5 Å². The maximum Gasteiger partial charge on any atom is 0.416 e. The molecule has 3 fully saturated rings. The maximum absolute atomic E-state index is 13.5. The van der Waals surface area contributed by atoms with Gasteiger partial charge in [-0.25, -0.2) is 4.79 Å². The highest BCUT2D eigenvalue weighted by Gasteiger charge is 2.52. The number of hydrogen-bond donors (Lipinski definition) is 1. The number of nitrogens with zero attached hydrogens (tertiary/aromatic N) is 4. The largest absolute Gasteiger partial charge is 0.444 e. The van der Waals surface area contributed by atoms with E-state index in [0.29, 0.717) is 37.9 Å². The number of likely N-dealkylation sites (tertiary alicyclic amines) is 3.